The van der Waals surface area contributed by atoms with Gasteiger partial charge < -0.3 is 5.32 Å². The molecule has 2 atom stereocenters. The highest BCUT2D eigenvalue weighted by Crippen LogP contribution is 2.25. The molecule has 1 aliphatic rings. The van der Waals surface area contributed by atoms with E-state index in [0.717, 1.165) is 17.5 Å². The van der Waals surface area contributed by atoms with Crippen molar-refractivity contribution >= 4 is 17.5 Å². The van der Waals surface area contributed by atoms with Crippen molar-refractivity contribution in [2.24, 2.45) is 5.92 Å². The van der Waals surface area contributed by atoms with Crippen LogP contribution in [-0.2, 0) is 17.8 Å². The molecule has 0 saturated carbocycles. The van der Waals surface area contributed by atoms with Crippen LogP contribution in [0.5, 0.6) is 0 Å². The van der Waals surface area contributed by atoms with Crippen molar-refractivity contribution in [1.29, 1.82) is 0 Å². The number of nitrogens with one attached hydrogen (secondary N) is 3. The maximum absolute atomic E-state index is 12.6. The first-order valence-corrected chi connectivity index (χ1v) is 8.65. The van der Waals surface area contributed by atoms with E-state index in [2.05, 4.69) is 47.4 Å². The van der Waals surface area contributed by atoms with E-state index in [4.69, 9.17) is 11.6 Å². The fourth-order valence-corrected chi connectivity index (χ4v) is 3.18. The number of amides is 1. The third-order valence-electron chi connectivity index (χ3n) is 4.48. The number of carbonyl (C=O) groups excluding carboxylic acids is 1. The minimum absolute atomic E-state index is 0.0250. The highest BCUT2D eigenvalue weighted by atomic mass is 35.5. The summed E-state index contributed by atoms with van der Waals surface area (Å²) in [6.07, 6.45) is 1.01. The van der Waals surface area contributed by atoms with E-state index in [1.54, 1.807) is 0 Å². The first kappa shape index (κ1) is 17.0. The first-order valence-electron chi connectivity index (χ1n) is 8.27. The van der Waals surface area contributed by atoms with Crippen molar-refractivity contribution in [3.05, 3.63) is 70.2 Å². The lowest BCUT2D eigenvalue weighted by Crippen LogP contribution is -2.34. The lowest BCUT2D eigenvalue weighted by atomic mass is 9.93. The third-order valence-corrected chi connectivity index (χ3v) is 4.85. The average Bonchev–Trinajstić information content (AvgIpc) is 3.10. The number of benzene rings is 2. The van der Waals surface area contributed by atoms with Gasteiger partial charge in [-0.25, -0.2) is 5.43 Å². The molecule has 2 aromatic carbocycles. The monoisotopic (exact) mass is 343 g/mol. The van der Waals surface area contributed by atoms with Crippen LogP contribution in [0.2, 0.25) is 5.02 Å². The summed E-state index contributed by atoms with van der Waals surface area (Å²) >= 11 is 6.14. The largest absolute Gasteiger partial charge is 0.352 e. The quantitative estimate of drug-likeness (QED) is 0.782. The summed E-state index contributed by atoms with van der Waals surface area (Å²) in [6.45, 7) is 3.18. The fourth-order valence-electron chi connectivity index (χ4n) is 2.97. The van der Waals surface area contributed by atoms with Crippen LogP contribution in [0.15, 0.2) is 48.5 Å². The van der Waals surface area contributed by atoms with Gasteiger partial charge in [-0.15, -0.1) is 0 Å². The number of hydrogen-bond donors (Lipinski definition) is 3. The molecule has 4 nitrogen and oxygen atoms in total. The van der Waals surface area contributed by atoms with E-state index in [0.29, 0.717) is 18.1 Å². The van der Waals surface area contributed by atoms with Gasteiger partial charge in [0.15, 0.2) is 0 Å². The van der Waals surface area contributed by atoms with Crippen molar-refractivity contribution < 1.29 is 4.79 Å². The Morgan fingerprint density at radius 2 is 1.96 bits per heavy atom. The van der Waals surface area contributed by atoms with Crippen LogP contribution in [0, 0.1) is 5.92 Å². The molecule has 1 aliphatic heterocycles. The van der Waals surface area contributed by atoms with Gasteiger partial charge in [-0.1, -0.05) is 61.0 Å². The molecule has 2 aromatic rings. The molecular formula is C19H22ClN3O. The maximum Gasteiger partial charge on any atom is 0.226 e. The second-order valence-electron chi connectivity index (χ2n) is 6.01. The van der Waals surface area contributed by atoms with Crippen LogP contribution in [0.25, 0.3) is 0 Å². The molecule has 0 aliphatic carbocycles. The summed E-state index contributed by atoms with van der Waals surface area (Å²) in [6, 6.07) is 16.0. The van der Waals surface area contributed by atoms with E-state index in [9.17, 15) is 4.79 Å². The van der Waals surface area contributed by atoms with Crippen LogP contribution in [0.3, 0.4) is 0 Å². The van der Waals surface area contributed by atoms with Gasteiger partial charge in [0.1, 0.15) is 0 Å². The standard InChI is InChI=1S/C19H22ClN3O/c1-2-13-7-9-14(10-8-13)18-16(12-22-23-18)19(24)21-11-15-5-3-4-6-17(15)20/h3-10,16,18,22-23H,2,11-12H2,1H3,(H,21,24). The van der Waals surface area contributed by atoms with Crippen molar-refractivity contribution in [1.82, 2.24) is 16.2 Å². The van der Waals surface area contributed by atoms with E-state index < -0.39 is 0 Å². The molecule has 1 fully saturated rings. The molecule has 0 radical (unpaired) electrons. The Morgan fingerprint density at radius 1 is 1.21 bits per heavy atom. The van der Waals surface area contributed by atoms with Crippen LogP contribution in [0.4, 0.5) is 0 Å². The zero-order valence-corrected chi connectivity index (χ0v) is 14.4. The number of hydrogen-bond acceptors (Lipinski definition) is 3. The predicted molar refractivity (Wildman–Crippen MR) is 96.5 cm³/mol. The number of carbonyl (C=O) groups is 1. The molecule has 1 saturated heterocycles. The zero-order chi connectivity index (χ0) is 16.9. The summed E-state index contributed by atoms with van der Waals surface area (Å²) in [4.78, 5) is 12.6. The zero-order valence-electron chi connectivity index (χ0n) is 13.7. The van der Waals surface area contributed by atoms with Crippen LogP contribution in [-0.4, -0.2) is 12.5 Å². The molecule has 3 rings (SSSR count). The fraction of sp³-hybridized carbons (Fsp3) is 0.316. The third kappa shape index (κ3) is 3.78. The molecule has 1 heterocycles. The van der Waals surface area contributed by atoms with Crippen molar-refractivity contribution in [3.8, 4) is 0 Å². The SMILES string of the molecule is CCc1ccc(C2NNCC2C(=O)NCc2ccccc2Cl)cc1. The van der Waals surface area contributed by atoms with Crippen LogP contribution >= 0.6 is 11.6 Å². The summed E-state index contributed by atoms with van der Waals surface area (Å²) in [7, 11) is 0. The maximum atomic E-state index is 12.6. The van der Waals surface area contributed by atoms with E-state index in [1.165, 1.54) is 5.56 Å². The highest BCUT2D eigenvalue weighted by molar-refractivity contribution is 6.31. The summed E-state index contributed by atoms with van der Waals surface area (Å²) < 4.78 is 0. The van der Waals surface area contributed by atoms with Crippen LogP contribution < -0.4 is 16.2 Å². The molecule has 0 aromatic heterocycles. The van der Waals surface area contributed by atoms with Gasteiger partial charge in [0.25, 0.3) is 0 Å². The summed E-state index contributed by atoms with van der Waals surface area (Å²) in [5.41, 5.74) is 9.66. The minimum atomic E-state index is -0.153. The average molecular weight is 344 g/mol. The summed E-state index contributed by atoms with van der Waals surface area (Å²) in [5, 5.41) is 3.67. The Kier molecular flexibility index (Phi) is 5.51. The number of hydrazine groups is 1. The Balaban J connectivity index is 1.66. The van der Waals surface area contributed by atoms with Crippen molar-refractivity contribution in [3.63, 3.8) is 0 Å². The molecule has 24 heavy (non-hydrogen) atoms. The van der Waals surface area contributed by atoms with E-state index in [1.807, 2.05) is 24.3 Å². The van der Waals surface area contributed by atoms with Gasteiger partial charge in [0, 0.05) is 18.1 Å². The molecule has 5 heteroatoms. The van der Waals surface area contributed by atoms with E-state index >= 15 is 0 Å². The lowest BCUT2D eigenvalue weighted by Gasteiger charge is -2.19. The first-order chi connectivity index (χ1) is 11.7. The molecule has 3 N–H and O–H groups in total. The number of halogens is 1. The summed E-state index contributed by atoms with van der Waals surface area (Å²) in [5.74, 6) is -0.128. The molecule has 0 spiro atoms. The van der Waals surface area contributed by atoms with Gasteiger partial charge in [-0.2, -0.15) is 0 Å². The Labute approximate surface area is 147 Å². The molecule has 0 bridgehead atoms. The Hall–Kier alpha value is -1.88. The van der Waals surface area contributed by atoms with Gasteiger partial charge in [-0.05, 0) is 29.2 Å². The Morgan fingerprint density at radius 3 is 2.67 bits per heavy atom. The van der Waals surface area contributed by atoms with Crippen molar-refractivity contribution in [2.45, 2.75) is 25.9 Å². The lowest BCUT2D eigenvalue weighted by molar-refractivity contribution is -0.125. The normalized spacial score (nSPS) is 20.1. The van der Waals surface area contributed by atoms with Gasteiger partial charge >= 0.3 is 0 Å². The second kappa shape index (κ2) is 7.79. The van der Waals surface area contributed by atoms with Gasteiger partial charge in [-0.3, -0.25) is 10.2 Å². The minimum Gasteiger partial charge on any atom is -0.352 e. The van der Waals surface area contributed by atoms with E-state index in [-0.39, 0.29) is 17.9 Å². The predicted octanol–water partition coefficient (Wildman–Crippen LogP) is 2.98. The molecule has 126 valence electrons. The van der Waals surface area contributed by atoms with Crippen molar-refractivity contribution in [2.75, 3.05) is 6.54 Å². The molecular weight excluding hydrogens is 322 g/mol. The second-order valence-corrected chi connectivity index (χ2v) is 6.42. The van der Waals surface area contributed by atoms with Crippen LogP contribution in [0.1, 0.15) is 29.7 Å². The Bertz CT molecular complexity index is 702. The highest BCUT2D eigenvalue weighted by Gasteiger charge is 2.33. The smallest absolute Gasteiger partial charge is 0.226 e. The van der Waals surface area contributed by atoms with Gasteiger partial charge in [0.2, 0.25) is 5.91 Å². The molecule has 1 amide bonds. The number of aryl methyl sites for hydroxylation is 1. The number of rotatable bonds is 5. The van der Waals surface area contributed by atoms with Gasteiger partial charge in [0.05, 0.1) is 12.0 Å². The molecule has 2 unspecified atom stereocenters. The topological polar surface area (TPSA) is 53.2 Å².